The summed E-state index contributed by atoms with van der Waals surface area (Å²) in [6.07, 6.45) is 5.11. The van der Waals surface area contributed by atoms with E-state index < -0.39 is 0 Å². The normalized spacial score (nSPS) is 13.2. The molecular formula is C26H29NO4S2. The molecule has 1 aromatic carbocycles. The first-order chi connectivity index (χ1) is 15.9. The highest BCUT2D eigenvalue weighted by Crippen LogP contribution is 2.38. The summed E-state index contributed by atoms with van der Waals surface area (Å²) >= 11 is 2.88. The van der Waals surface area contributed by atoms with E-state index in [0.29, 0.717) is 22.0 Å². The van der Waals surface area contributed by atoms with Crippen LogP contribution in [0.4, 0.5) is 5.00 Å². The first kappa shape index (κ1) is 23.5. The van der Waals surface area contributed by atoms with Gasteiger partial charge in [-0.1, -0.05) is 12.5 Å². The van der Waals surface area contributed by atoms with Crippen molar-refractivity contribution < 1.29 is 19.1 Å². The van der Waals surface area contributed by atoms with Crippen molar-refractivity contribution in [3.05, 3.63) is 66.7 Å². The van der Waals surface area contributed by atoms with Crippen LogP contribution in [0.25, 0.3) is 0 Å². The number of rotatable bonds is 6. The number of carbonyl (C=O) groups excluding carboxylic acids is 2. The third-order valence-corrected chi connectivity index (χ3v) is 8.26. The van der Waals surface area contributed by atoms with Crippen LogP contribution in [-0.4, -0.2) is 19.0 Å². The molecule has 1 amide bonds. The largest absolute Gasteiger partial charge is 0.489 e. The first-order valence-electron chi connectivity index (χ1n) is 11.2. The number of carbonyl (C=O) groups is 2. The SMILES string of the molecule is COC(=O)c1c(NC(=O)c2cc(COc3cc(C)cc(C)c3C)cs2)sc2c1CCCCC2. The Bertz CT molecular complexity index is 1190. The Labute approximate surface area is 202 Å². The lowest BCUT2D eigenvalue weighted by Gasteiger charge is -2.11. The van der Waals surface area contributed by atoms with E-state index in [0.717, 1.165) is 60.1 Å². The van der Waals surface area contributed by atoms with E-state index in [1.807, 2.05) is 17.5 Å². The van der Waals surface area contributed by atoms with Crippen LogP contribution in [-0.2, 0) is 24.2 Å². The molecule has 1 aliphatic rings. The van der Waals surface area contributed by atoms with Crippen LogP contribution in [0.3, 0.4) is 0 Å². The summed E-state index contributed by atoms with van der Waals surface area (Å²) < 4.78 is 11.1. The third-order valence-electron chi connectivity index (χ3n) is 6.07. The van der Waals surface area contributed by atoms with Crippen molar-refractivity contribution >= 4 is 39.6 Å². The standard InChI is InChI=1S/C26H29NO4S2/c1-15-10-16(2)17(3)20(11-15)31-13-18-12-22(32-14-18)24(28)27-25-23(26(29)30-4)19-8-6-5-7-9-21(19)33-25/h10-12,14H,5-9,13H2,1-4H3,(H,27,28). The molecule has 3 aromatic rings. The number of hydrogen-bond donors (Lipinski definition) is 1. The molecule has 0 spiro atoms. The Morgan fingerprint density at radius 2 is 1.85 bits per heavy atom. The Hall–Kier alpha value is -2.64. The Morgan fingerprint density at radius 3 is 2.64 bits per heavy atom. The maximum absolute atomic E-state index is 13.0. The van der Waals surface area contributed by atoms with Crippen molar-refractivity contribution in [1.82, 2.24) is 0 Å². The van der Waals surface area contributed by atoms with Crippen molar-refractivity contribution in [3.63, 3.8) is 0 Å². The van der Waals surface area contributed by atoms with Crippen LogP contribution < -0.4 is 10.1 Å². The van der Waals surface area contributed by atoms with Gasteiger partial charge in [-0.3, -0.25) is 4.79 Å². The summed E-state index contributed by atoms with van der Waals surface area (Å²) in [6, 6.07) is 6.04. The molecule has 0 saturated heterocycles. The maximum atomic E-state index is 13.0. The number of amides is 1. The van der Waals surface area contributed by atoms with Crippen molar-refractivity contribution in [2.75, 3.05) is 12.4 Å². The van der Waals surface area contributed by atoms with Gasteiger partial charge in [0.25, 0.3) is 5.91 Å². The number of esters is 1. The second kappa shape index (κ2) is 10.1. The monoisotopic (exact) mass is 483 g/mol. The van der Waals surface area contributed by atoms with Crippen molar-refractivity contribution in [1.29, 1.82) is 0 Å². The molecule has 5 nitrogen and oxygen atoms in total. The van der Waals surface area contributed by atoms with Gasteiger partial charge >= 0.3 is 5.97 Å². The molecule has 1 N–H and O–H groups in total. The van der Waals surface area contributed by atoms with E-state index in [9.17, 15) is 9.59 Å². The zero-order valence-electron chi connectivity index (χ0n) is 19.5. The highest BCUT2D eigenvalue weighted by Gasteiger charge is 2.26. The smallest absolute Gasteiger partial charge is 0.341 e. The molecule has 0 atom stereocenters. The lowest BCUT2D eigenvalue weighted by atomic mass is 10.1. The van der Waals surface area contributed by atoms with Crippen LogP contribution >= 0.6 is 22.7 Å². The number of fused-ring (bicyclic) bond motifs is 1. The molecule has 4 rings (SSSR count). The van der Waals surface area contributed by atoms with Crippen molar-refractivity contribution in [2.24, 2.45) is 0 Å². The van der Waals surface area contributed by atoms with E-state index >= 15 is 0 Å². The van der Waals surface area contributed by atoms with E-state index in [4.69, 9.17) is 9.47 Å². The van der Waals surface area contributed by atoms with Crippen molar-refractivity contribution in [3.8, 4) is 5.75 Å². The van der Waals surface area contributed by atoms with Crippen LogP contribution in [0.2, 0.25) is 0 Å². The molecule has 174 valence electrons. The van der Waals surface area contributed by atoms with E-state index in [2.05, 4.69) is 32.2 Å². The Kier molecular flexibility index (Phi) is 7.20. The van der Waals surface area contributed by atoms with Crippen molar-refractivity contribution in [2.45, 2.75) is 59.5 Å². The van der Waals surface area contributed by atoms with Crippen LogP contribution in [0.1, 0.15) is 72.0 Å². The third kappa shape index (κ3) is 5.14. The van der Waals surface area contributed by atoms with Crippen LogP contribution in [0, 0.1) is 20.8 Å². The minimum Gasteiger partial charge on any atom is -0.489 e. The highest BCUT2D eigenvalue weighted by atomic mass is 32.1. The average molecular weight is 484 g/mol. The lowest BCUT2D eigenvalue weighted by molar-refractivity contribution is 0.0601. The van der Waals surface area contributed by atoms with Gasteiger partial charge < -0.3 is 14.8 Å². The van der Waals surface area contributed by atoms with E-state index in [1.165, 1.54) is 40.2 Å². The predicted octanol–water partition coefficient (Wildman–Crippen LogP) is 6.62. The van der Waals surface area contributed by atoms with Gasteiger partial charge in [0.2, 0.25) is 0 Å². The van der Waals surface area contributed by atoms with Gasteiger partial charge in [0.1, 0.15) is 17.4 Å². The van der Waals surface area contributed by atoms with Gasteiger partial charge in [0, 0.05) is 10.4 Å². The molecule has 0 unspecified atom stereocenters. The topological polar surface area (TPSA) is 64.6 Å². The summed E-state index contributed by atoms with van der Waals surface area (Å²) in [7, 11) is 1.39. The van der Waals surface area contributed by atoms with Gasteiger partial charge in [-0.05, 0) is 86.2 Å². The van der Waals surface area contributed by atoms with Crippen LogP contribution in [0.15, 0.2) is 23.6 Å². The fourth-order valence-corrected chi connectivity index (χ4v) is 6.26. The van der Waals surface area contributed by atoms with E-state index in [-0.39, 0.29) is 11.9 Å². The minimum atomic E-state index is -0.381. The second-order valence-electron chi connectivity index (χ2n) is 8.53. The van der Waals surface area contributed by atoms with Gasteiger partial charge in [0.05, 0.1) is 17.6 Å². The highest BCUT2D eigenvalue weighted by molar-refractivity contribution is 7.17. The van der Waals surface area contributed by atoms with E-state index in [1.54, 1.807) is 0 Å². The average Bonchev–Trinajstić information content (AvgIpc) is 3.33. The maximum Gasteiger partial charge on any atom is 0.341 e. The predicted molar refractivity (Wildman–Crippen MR) is 134 cm³/mol. The molecule has 0 radical (unpaired) electrons. The Balaban J connectivity index is 1.49. The fraction of sp³-hybridized carbons (Fsp3) is 0.385. The molecule has 1 aliphatic carbocycles. The summed E-state index contributed by atoms with van der Waals surface area (Å²) in [5.41, 5.74) is 6.00. The number of benzene rings is 1. The summed E-state index contributed by atoms with van der Waals surface area (Å²) in [5.74, 6) is 0.275. The summed E-state index contributed by atoms with van der Waals surface area (Å²) in [6.45, 7) is 6.58. The molecule has 33 heavy (non-hydrogen) atoms. The number of ether oxygens (including phenoxy) is 2. The number of hydrogen-bond acceptors (Lipinski definition) is 6. The van der Waals surface area contributed by atoms with Gasteiger partial charge in [0.15, 0.2) is 0 Å². The number of aryl methyl sites for hydroxylation is 3. The zero-order valence-corrected chi connectivity index (χ0v) is 21.1. The number of thiophene rings is 2. The molecule has 0 fully saturated rings. The van der Waals surface area contributed by atoms with Gasteiger partial charge in [-0.25, -0.2) is 4.79 Å². The molecule has 0 saturated carbocycles. The number of anilines is 1. The summed E-state index contributed by atoms with van der Waals surface area (Å²) in [4.78, 5) is 27.3. The molecular weight excluding hydrogens is 454 g/mol. The number of nitrogens with one attached hydrogen (secondary N) is 1. The quantitative estimate of drug-likeness (QED) is 0.316. The van der Waals surface area contributed by atoms with Gasteiger partial charge in [-0.15, -0.1) is 22.7 Å². The minimum absolute atomic E-state index is 0.213. The number of methoxy groups -OCH3 is 1. The lowest BCUT2D eigenvalue weighted by Crippen LogP contribution is -2.13. The zero-order chi connectivity index (χ0) is 23.5. The second-order valence-corrected chi connectivity index (χ2v) is 10.5. The summed E-state index contributed by atoms with van der Waals surface area (Å²) in [5, 5.41) is 5.51. The first-order valence-corrected chi connectivity index (χ1v) is 12.9. The van der Waals surface area contributed by atoms with Crippen LogP contribution in [0.5, 0.6) is 5.75 Å². The molecule has 0 aliphatic heterocycles. The van der Waals surface area contributed by atoms with Gasteiger partial charge in [-0.2, -0.15) is 0 Å². The molecule has 2 aromatic heterocycles. The fourth-order valence-electron chi connectivity index (χ4n) is 4.20. The molecule has 0 bridgehead atoms. The molecule has 7 heteroatoms. The Morgan fingerprint density at radius 1 is 1.06 bits per heavy atom. The molecule has 2 heterocycles.